The maximum atomic E-state index is 12.3. The first-order chi connectivity index (χ1) is 12.2. The van der Waals surface area contributed by atoms with E-state index >= 15 is 0 Å². The SMILES string of the molecule is Cc1ccc(Nc2cncc(C(=O)NCCC3=CCCCC3)c2)cc1. The van der Waals surface area contributed by atoms with Gasteiger partial charge in [0, 0.05) is 18.4 Å². The Bertz CT molecular complexity index is 750. The van der Waals surface area contributed by atoms with Crippen LogP contribution in [0, 0.1) is 6.92 Å². The second-order valence-corrected chi connectivity index (χ2v) is 6.57. The van der Waals surface area contributed by atoms with Crippen LogP contribution in [0.25, 0.3) is 0 Å². The van der Waals surface area contributed by atoms with Gasteiger partial charge in [-0.15, -0.1) is 0 Å². The highest BCUT2D eigenvalue weighted by molar-refractivity contribution is 5.94. The van der Waals surface area contributed by atoms with E-state index in [1.54, 1.807) is 12.4 Å². The Hall–Kier alpha value is -2.62. The molecular weight excluding hydrogens is 310 g/mol. The Morgan fingerprint density at radius 2 is 1.96 bits per heavy atom. The molecule has 0 saturated heterocycles. The summed E-state index contributed by atoms with van der Waals surface area (Å²) >= 11 is 0. The summed E-state index contributed by atoms with van der Waals surface area (Å²) in [5.41, 5.74) is 5.06. The van der Waals surface area contributed by atoms with Gasteiger partial charge < -0.3 is 10.6 Å². The summed E-state index contributed by atoms with van der Waals surface area (Å²) in [6.45, 7) is 2.74. The number of benzene rings is 1. The summed E-state index contributed by atoms with van der Waals surface area (Å²) in [6.07, 6.45) is 11.5. The Morgan fingerprint density at radius 1 is 1.12 bits per heavy atom. The highest BCUT2D eigenvalue weighted by atomic mass is 16.1. The highest BCUT2D eigenvalue weighted by Crippen LogP contribution is 2.20. The predicted octanol–water partition coefficient (Wildman–Crippen LogP) is 4.75. The topological polar surface area (TPSA) is 54.0 Å². The zero-order valence-electron chi connectivity index (χ0n) is 14.7. The molecule has 1 heterocycles. The Morgan fingerprint density at radius 3 is 2.72 bits per heavy atom. The number of nitrogens with one attached hydrogen (secondary N) is 2. The van der Waals surface area contributed by atoms with Crippen LogP contribution in [0.3, 0.4) is 0 Å². The number of hydrogen-bond acceptors (Lipinski definition) is 3. The van der Waals surface area contributed by atoms with Crippen molar-refractivity contribution >= 4 is 17.3 Å². The molecule has 0 unspecified atom stereocenters. The molecule has 0 spiro atoms. The monoisotopic (exact) mass is 335 g/mol. The van der Waals surface area contributed by atoms with Crippen LogP contribution in [0.2, 0.25) is 0 Å². The van der Waals surface area contributed by atoms with E-state index in [1.165, 1.54) is 36.8 Å². The lowest BCUT2D eigenvalue weighted by Gasteiger charge is -2.13. The van der Waals surface area contributed by atoms with Gasteiger partial charge in [0.25, 0.3) is 5.91 Å². The van der Waals surface area contributed by atoms with E-state index in [9.17, 15) is 4.79 Å². The van der Waals surface area contributed by atoms with Gasteiger partial charge in [0.05, 0.1) is 17.4 Å². The molecular formula is C21H25N3O. The van der Waals surface area contributed by atoms with Crippen molar-refractivity contribution in [1.29, 1.82) is 0 Å². The Balaban J connectivity index is 1.55. The number of allylic oxidation sites excluding steroid dienone is 1. The minimum atomic E-state index is -0.0727. The lowest BCUT2D eigenvalue weighted by atomic mass is 9.97. The van der Waals surface area contributed by atoms with Gasteiger partial charge in [0.1, 0.15) is 0 Å². The molecule has 0 fully saturated rings. The van der Waals surface area contributed by atoms with E-state index in [4.69, 9.17) is 0 Å². The zero-order chi connectivity index (χ0) is 17.5. The number of hydrogen-bond donors (Lipinski definition) is 2. The molecule has 1 aromatic carbocycles. The normalized spacial score (nSPS) is 13.9. The second kappa shape index (κ2) is 8.47. The van der Waals surface area contributed by atoms with Crippen LogP contribution in [0.5, 0.6) is 0 Å². The van der Waals surface area contributed by atoms with E-state index in [-0.39, 0.29) is 5.91 Å². The van der Waals surface area contributed by atoms with Crippen molar-refractivity contribution in [3.05, 3.63) is 65.5 Å². The molecule has 130 valence electrons. The van der Waals surface area contributed by atoms with Gasteiger partial charge in [-0.05, 0) is 57.2 Å². The van der Waals surface area contributed by atoms with Crippen LogP contribution in [0.15, 0.2) is 54.4 Å². The molecule has 1 amide bonds. The van der Waals surface area contributed by atoms with Crippen molar-refractivity contribution < 1.29 is 4.79 Å². The molecule has 4 nitrogen and oxygen atoms in total. The van der Waals surface area contributed by atoms with E-state index in [0.29, 0.717) is 12.1 Å². The maximum Gasteiger partial charge on any atom is 0.252 e. The third kappa shape index (κ3) is 5.18. The quantitative estimate of drug-likeness (QED) is 0.749. The van der Waals surface area contributed by atoms with Gasteiger partial charge in [0.15, 0.2) is 0 Å². The summed E-state index contributed by atoms with van der Waals surface area (Å²) in [7, 11) is 0. The van der Waals surface area contributed by atoms with Crippen LogP contribution in [-0.2, 0) is 0 Å². The van der Waals surface area contributed by atoms with Gasteiger partial charge in [-0.25, -0.2) is 0 Å². The van der Waals surface area contributed by atoms with Crippen LogP contribution < -0.4 is 10.6 Å². The smallest absolute Gasteiger partial charge is 0.252 e. The number of nitrogens with zero attached hydrogens (tertiary/aromatic N) is 1. The van der Waals surface area contributed by atoms with Crippen molar-refractivity contribution in [2.24, 2.45) is 0 Å². The van der Waals surface area contributed by atoms with Crippen molar-refractivity contribution in [3.8, 4) is 0 Å². The second-order valence-electron chi connectivity index (χ2n) is 6.57. The van der Waals surface area contributed by atoms with Gasteiger partial charge >= 0.3 is 0 Å². The molecule has 2 aromatic rings. The van der Waals surface area contributed by atoms with Crippen LogP contribution in [0.1, 0.15) is 48.0 Å². The van der Waals surface area contributed by atoms with Crippen LogP contribution >= 0.6 is 0 Å². The first kappa shape index (κ1) is 17.2. The lowest BCUT2D eigenvalue weighted by molar-refractivity contribution is 0.0953. The van der Waals surface area contributed by atoms with Gasteiger partial charge in [-0.3, -0.25) is 9.78 Å². The minimum absolute atomic E-state index is 0.0727. The molecule has 0 radical (unpaired) electrons. The van der Waals surface area contributed by atoms with Crippen LogP contribution in [0.4, 0.5) is 11.4 Å². The molecule has 25 heavy (non-hydrogen) atoms. The average Bonchev–Trinajstić information content (AvgIpc) is 2.65. The summed E-state index contributed by atoms with van der Waals surface area (Å²) in [6, 6.07) is 9.96. The van der Waals surface area contributed by atoms with E-state index in [1.807, 2.05) is 30.3 Å². The summed E-state index contributed by atoms with van der Waals surface area (Å²) in [5, 5.41) is 6.28. The molecule has 1 aliphatic carbocycles. The molecule has 0 saturated carbocycles. The third-order valence-corrected chi connectivity index (χ3v) is 4.46. The molecule has 2 N–H and O–H groups in total. The molecule has 3 rings (SSSR count). The molecule has 4 heteroatoms. The number of pyridine rings is 1. The number of carbonyl (C=O) groups is 1. The number of aryl methyl sites for hydroxylation is 1. The standard InChI is InChI=1S/C21H25N3O/c1-16-7-9-19(10-8-16)24-20-13-18(14-22-15-20)21(25)23-12-11-17-5-3-2-4-6-17/h5,7-10,13-15,24H,2-4,6,11-12H2,1H3,(H,23,25). The van der Waals surface area contributed by atoms with Crippen molar-refractivity contribution in [2.75, 3.05) is 11.9 Å². The van der Waals surface area contributed by atoms with Gasteiger partial charge in [-0.2, -0.15) is 0 Å². The van der Waals surface area contributed by atoms with E-state index in [0.717, 1.165) is 17.8 Å². The molecule has 1 aromatic heterocycles. The zero-order valence-corrected chi connectivity index (χ0v) is 14.7. The largest absolute Gasteiger partial charge is 0.354 e. The van der Waals surface area contributed by atoms with E-state index < -0.39 is 0 Å². The Labute approximate surface area is 149 Å². The first-order valence-corrected chi connectivity index (χ1v) is 8.95. The minimum Gasteiger partial charge on any atom is -0.354 e. The van der Waals surface area contributed by atoms with Crippen molar-refractivity contribution in [1.82, 2.24) is 10.3 Å². The fraction of sp³-hybridized carbons (Fsp3) is 0.333. The fourth-order valence-corrected chi connectivity index (χ4v) is 3.01. The van der Waals surface area contributed by atoms with Gasteiger partial charge in [0.2, 0.25) is 0 Å². The van der Waals surface area contributed by atoms with Gasteiger partial charge in [-0.1, -0.05) is 29.3 Å². The average molecular weight is 335 g/mol. The lowest BCUT2D eigenvalue weighted by Crippen LogP contribution is -2.25. The highest BCUT2D eigenvalue weighted by Gasteiger charge is 2.08. The number of rotatable bonds is 6. The summed E-state index contributed by atoms with van der Waals surface area (Å²) < 4.78 is 0. The Kier molecular flexibility index (Phi) is 5.83. The maximum absolute atomic E-state index is 12.3. The predicted molar refractivity (Wildman–Crippen MR) is 102 cm³/mol. The van der Waals surface area contributed by atoms with Crippen LogP contribution in [-0.4, -0.2) is 17.4 Å². The number of carbonyl (C=O) groups excluding carboxylic acids is 1. The molecule has 0 aliphatic heterocycles. The van der Waals surface area contributed by atoms with E-state index in [2.05, 4.69) is 28.6 Å². The number of anilines is 2. The summed E-state index contributed by atoms with van der Waals surface area (Å²) in [4.78, 5) is 16.5. The summed E-state index contributed by atoms with van der Waals surface area (Å²) in [5.74, 6) is -0.0727. The molecule has 1 aliphatic rings. The number of amides is 1. The third-order valence-electron chi connectivity index (χ3n) is 4.46. The fourth-order valence-electron chi connectivity index (χ4n) is 3.01. The molecule has 0 atom stereocenters. The number of aromatic nitrogens is 1. The van der Waals surface area contributed by atoms with Crippen molar-refractivity contribution in [2.45, 2.75) is 39.0 Å². The first-order valence-electron chi connectivity index (χ1n) is 8.95. The van der Waals surface area contributed by atoms with Crippen molar-refractivity contribution in [3.63, 3.8) is 0 Å². The molecule has 0 bridgehead atoms.